The van der Waals surface area contributed by atoms with Gasteiger partial charge >= 0.3 is 0 Å². The van der Waals surface area contributed by atoms with E-state index in [1.54, 1.807) is 0 Å². The van der Waals surface area contributed by atoms with E-state index in [1.807, 2.05) is 30.3 Å². The Balaban J connectivity index is 1.24. The van der Waals surface area contributed by atoms with Crippen LogP contribution < -0.4 is 15.0 Å². The number of anilines is 2. The zero-order valence-corrected chi connectivity index (χ0v) is 18.5. The summed E-state index contributed by atoms with van der Waals surface area (Å²) in [6, 6.07) is 21.0. The predicted molar refractivity (Wildman–Crippen MR) is 128 cm³/mol. The molecule has 0 radical (unpaired) electrons. The van der Waals surface area contributed by atoms with Crippen LogP contribution in [0.25, 0.3) is 0 Å². The summed E-state index contributed by atoms with van der Waals surface area (Å²) in [4.78, 5) is 26.9. The van der Waals surface area contributed by atoms with E-state index < -0.39 is 23.3 Å². The second-order valence-electron chi connectivity index (χ2n) is 8.00. The van der Waals surface area contributed by atoms with Crippen LogP contribution in [-0.2, 0) is 11.3 Å². The van der Waals surface area contributed by atoms with Gasteiger partial charge in [0.25, 0.3) is 11.6 Å². The highest BCUT2D eigenvalue weighted by atomic mass is 19.1. The minimum atomic E-state index is -0.893. The fourth-order valence-electron chi connectivity index (χ4n) is 3.82. The van der Waals surface area contributed by atoms with Crippen LogP contribution in [0.1, 0.15) is 5.56 Å². The Morgan fingerprint density at radius 1 is 1.00 bits per heavy atom. The summed E-state index contributed by atoms with van der Waals surface area (Å²) >= 11 is 0. The predicted octanol–water partition coefficient (Wildman–Crippen LogP) is 4.07. The average Bonchev–Trinajstić information content (AvgIpc) is 2.85. The van der Waals surface area contributed by atoms with E-state index in [2.05, 4.69) is 39.4 Å². The van der Waals surface area contributed by atoms with E-state index in [0.717, 1.165) is 56.6 Å². The Hall–Kier alpha value is -3.98. The first-order valence-corrected chi connectivity index (χ1v) is 11.0. The molecule has 3 aromatic rings. The summed E-state index contributed by atoms with van der Waals surface area (Å²) in [6.45, 7) is 4.33. The van der Waals surface area contributed by atoms with Crippen molar-refractivity contribution in [3.05, 3.63) is 94.3 Å². The molecule has 4 rings (SSSR count). The molecular weight excluding hydrogens is 439 g/mol. The molecule has 1 N–H and O–H groups in total. The van der Waals surface area contributed by atoms with Crippen LogP contribution in [0, 0.1) is 15.9 Å². The zero-order chi connectivity index (χ0) is 23.9. The summed E-state index contributed by atoms with van der Waals surface area (Å²) in [5.74, 6) is -1.57. The van der Waals surface area contributed by atoms with Crippen LogP contribution in [0.3, 0.4) is 0 Å². The summed E-state index contributed by atoms with van der Waals surface area (Å²) in [5, 5.41) is 13.4. The fourth-order valence-corrected chi connectivity index (χ4v) is 3.82. The molecule has 0 spiro atoms. The third kappa shape index (κ3) is 6.08. The molecule has 0 aromatic heterocycles. The number of carbonyl (C=O) groups excluding carboxylic acids is 1. The lowest BCUT2D eigenvalue weighted by molar-refractivity contribution is -0.385. The molecule has 34 heavy (non-hydrogen) atoms. The number of rotatable bonds is 8. The maximum atomic E-state index is 13.9. The molecule has 1 fully saturated rings. The summed E-state index contributed by atoms with van der Waals surface area (Å²) in [7, 11) is 0. The third-order valence-corrected chi connectivity index (χ3v) is 5.62. The lowest BCUT2D eigenvalue weighted by atomic mass is 10.2. The van der Waals surface area contributed by atoms with E-state index in [9.17, 15) is 19.3 Å². The fraction of sp³-hybridized carbons (Fsp3) is 0.240. The number of nitrogens with zero attached hydrogens (tertiary/aromatic N) is 3. The minimum Gasteiger partial charge on any atom is -0.481 e. The molecule has 0 bridgehead atoms. The Morgan fingerprint density at radius 3 is 2.35 bits per heavy atom. The first kappa shape index (κ1) is 23.2. The molecule has 1 amide bonds. The van der Waals surface area contributed by atoms with Crippen molar-refractivity contribution in [3.63, 3.8) is 0 Å². The monoisotopic (exact) mass is 464 g/mol. The van der Waals surface area contributed by atoms with Gasteiger partial charge in [-0.05, 0) is 35.9 Å². The highest BCUT2D eigenvalue weighted by molar-refractivity contribution is 5.92. The van der Waals surface area contributed by atoms with E-state index in [4.69, 9.17) is 4.74 Å². The van der Waals surface area contributed by atoms with Crippen molar-refractivity contribution in [2.75, 3.05) is 43.0 Å². The topological polar surface area (TPSA) is 87.9 Å². The second kappa shape index (κ2) is 10.8. The van der Waals surface area contributed by atoms with Crippen LogP contribution in [0.5, 0.6) is 5.75 Å². The van der Waals surface area contributed by atoms with Gasteiger partial charge in [0.05, 0.1) is 11.0 Å². The number of nitro groups is 1. The standard InChI is InChI=1S/C25H25FN4O4/c26-23-16-22(30(32)33)10-11-24(23)34-18-25(31)27-20-6-8-21(9-7-20)29-14-12-28(13-15-29)17-19-4-2-1-3-5-19/h1-11,16H,12-15,17-18H2,(H,27,31). The molecule has 1 saturated heterocycles. The van der Waals surface area contributed by atoms with Crippen LogP contribution >= 0.6 is 0 Å². The second-order valence-corrected chi connectivity index (χ2v) is 8.00. The van der Waals surface area contributed by atoms with Gasteiger partial charge in [0.1, 0.15) is 0 Å². The summed E-state index contributed by atoms with van der Waals surface area (Å²) < 4.78 is 19.0. The number of hydrogen-bond acceptors (Lipinski definition) is 6. The van der Waals surface area contributed by atoms with Gasteiger partial charge in [-0.1, -0.05) is 30.3 Å². The van der Waals surface area contributed by atoms with Crippen molar-refractivity contribution in [3.8, 4) is 5.75 Å². The van der Waals surface area contributed by atoms with Crippen molar-refractivity contribution in [1.82, 2.24) is 4.90 Å². The van der Waals surface area contributed by atoms with E-state index >= 15 is 0 Å². The van der Waals surface area contributed by atoms with Crippen molar-refractivity contribution in [1.29, 1.82) is 0 Å². The molecular formula is C25H25FN4O4. The molecule has 1 aliphatic rings. The molecule has 0 aliphatic carbocycles. The molecule has 3 aromatic carbocycles. The minimum absolute atomic E-state index is 0.220. The first-order chi connectivity index (χ1) is 16.5. The Kier molecular flexibility index (Phi) is 7.34. The quantitative estimate of drug-likeness (QED) is 0.399. The van der Waals surface area contributed by atoms with Gasteiger partial charge in [0.2, 0.25) is 0 Å². The number of non-ortho nitro benzene ring substituents is 1. The van der Waals surface area contributed by atoms with Crippen LogP contribution in [-0.4, -0.2) is 48.5 Å². The number of nitro benzene ring substituents is 1. The molecule has 1 heterocycles. The molecule has 0 saturated carbocycles. The van der Waals surface area contributed by atoms with Crippen LogP contribution in [0.15, 0.2) is 72.8 Å². The van der Waals surface area contributed by atoms with Gasteiger partial charge in [-0.3, -0.25) is 19.8 Å². The summed E-state index contributed by atoms with van der Waals surface area (Å²) in [6.07, 6.45) is 0. The number of piperazine rings is 1. The number of ether oxygens (including phenoxy) is 1. The Labute approximate surface area is 196 Å². The van der Waals surface area contributed by atoms with Crippen molar-refractivity contribution < 1.29 is 18.8 Å². The first-order valence-electron chi connectivity index (χ1n) is 11.0. The highest BCUT2D eigenvalue weighted by Crippen LogP contribution is 2.23. The molecule has 8 nitrogen and oxygen atoms in total. The van der Waals surface area contributed by atoms with Crippen molar-refractivity contribution in [2.24, 2.45) is 0 Å². The van der Waals surface area contributed by atoms with E-state index in [-0.39, 0.29) is 11.4 Å². The van der Waals surface area contributed by atoms with Crippen molar-refractivity contribution in [2.45, 2.75) is 6.54 Å². The molecule has 0 unspecified atom stereocenters. The normalized spacial score (nSPS) is 14.0. The average molecular weight is 464 g/mol. The van der Waals surface area contributed by atoms with Gasteiger partial charge in [0.15, 0.2) is 18.2 Å². The lowest BCUT2D eigenvalue weighted by Crippen LogP contribution is -2.45. The summed E-state index contributed by atoms with van der Waals surface area (Å²) in [5.41, 5.74) is 2.62. The number of halogens is 1. The zero-order valence-electron chi connectivity index (χ0n) is 18.5. The van der Waals surface area contributed by atoms with Gasteiger partial charge in [-0.15, -0.1) is 0 Å². The number of hydrogen-bond donors (Lipinski definition) is 1. The van der Waals surface area contributed by atoms with E-state index in [1.165, 1.54) is 5.56 Å². The maximum absolute atomic E-state index is 13.9. The highest BCUT2D eigenvalue weighted by Gasteiger charge is 2.17. The number of carbonyl (C=O) groups is 1. The van der Waals surface area contributed by atoms with Gasteiger partial charge < -0.3 is 15.0 Å². The van der Waals surface area contributed by atoms with Gasteiger partial charge in [0, 0.05) is 50.2 Å². The molecule has 0 atom stereocenters. The SMILES string of the molecule is O=C(COc1ccc([N+](=O)[O-])cc1F)Nc1ccc(N2CCN(Cc3ccccc3)CC2)cc1. The molecule has 1 aliphatic heterocycles. The van der Waals surface area contributed by atoms with Crippen molar-refractivity contribution >= 4 is 23.0 Å². The maximum Gasteiger partial charge on any atom is 0.272 e. The van der Waals surface area contributed by atoms with Crippen LogP contribution in [0.2, 0.25) is 0 Å². The molecule has 176 valence electrons. The number of nitrogens with one attached hydrogen (secondary N) is 1. The van der Waals surface area contributed by atoms with E-state index in [0.29, 0.717) is 5.69 Å². The Morgan fingerprint density at radius 2 is 1.71 bits per heavy atom. The van der Waals surface area contributed by atoms with Gasteiger partial charge in [-0.2, -0.15) is 0 Å². The smallest absolute Gasteiger partial charge is 0.272 e. The largest absolute Gasteiger partial charge is 0.481 e. The van der Waals surface area contributed by atoms with Gasteiger partial charge in [-0.25, -0.2) is 4.39 Å². The third-order valence-electron chi connectivity index (χ3n) is 5.62. The van der Waals surface area contributed by atoms with Crippen LogP contribution in [0.4, 0.5) is 21.5 Å². The lowest BCUT2D eigenvalue weighted by Gasteiger charge is -2.36. The number of benzene rings is 3. The Bertz CT molecular complexity index is 1130. The number of amides is 1. The molecule has 9 heteroatoms.